The van der Waals surface area contributed by atoms with Gasteiger partial charge in [0.05, 0.1) is 12.1 Å². The Labute approximate surface area is 163 Å². The monoisotopic (exact) mass is 395 g/mol. The minimum Gasteiger partial charge on any atom is -0.364 e. The molecular weight excluding hydrogens is 380 g/mol. The molecule has 4 rings (SSSR count). The molecule has 2 N–H and O–H groups in total. The van der Waals surface area contributed by atoms with Crippen LogP contribution in [0.5, 0.6) is 0 Å². The van der Waals surface area contributed by atoms with E-state index in [0.717, 1.165) is 4.90 Å². The Hall–Kier alpha value is -3.68. The third-order valence-corrected chi connectivity index (χ3v) is 4.82. The number of hydrogen-bond donors (Lipinski definition) is 1. The van der Waals surface area contributed by atoms with Crippen LogP contribution in [0.2, 0.25) is 0 Å². The Balaban J connectivity index is 1.88. The lowest BCUT2D eigenvalue weighted by Crippen LogP contribution is -2.28. The highest BCUT2D eigenvalue weighted by Crippen LogP contribution is 2.32. The molecule has 1 aromatic heterocycles. The third kappa shape index (κ3) is 3.44. The van der Waals surface area contributed by atoms with Gasteiger partial charge in [-0.25, -0.2) is 13.8 Å². The lowest BCUT2D eigenvalue weighted by atomic mass is 9.98. The minimum atomic E-state index is -0.800. The number of carbonyl (C=O) groups excluding carboxylic acids is 3. The number of carbonyl (C=O) groups is 3. The first-order valence-electron chi connectivity index (χ1n) is 8.85. The van der Waals surface area contributed by atoms with E-state index in [0.29, 0.717) is 16.7 Å². The molecule has 8 heteroatoms. The predicted molar refractivity (Wildman–Crippen MR) is 100 cm³/mol. The molecule has 0 saturated carbocycles. The first-order valence-corrected chi connectivity index (χ1v) is 8.85. The number of aromatic nitrogens is 1. The van der Waals surface area contributed by atoms with Gasteiger partial charge in [0.2, 0.25) is 11.8 Å². The van der Waals surface area contributed by atoms with E-state index in [2.05, 4.69) is 4.98 Å². The summed E-state index contributed by atoms with van der Waals surface area (Å²) in [5.74, 6) is -2.53. The van der Waals surface area contributed by atoms with Crippen molar-refractivity contribution in [1.29, 1.82) is 0 Å². The summed E-state index contributed by atoms with van der Waals surface area (Å²) < 4.78 is 28.3. The van der Waals surface area contributed by atoms with Crippen LogP contribution in [0.4, 0.5) is 8.78 Å². The van der Waals surface area contributed by atoms with Crippen molar-refractivity contribution < 1.29 is 23.2 Å². The number of halogens is 2. The highest BCUT2D eigenvalue weighted by molar-refractivity contribution is 6.03. The summed E-state index contributed by atoms with van der Waals surface area (Å²) in [6.07, 6.45) is 0.265. The number of fused-ring (bicyclic) bond motifs is 1. The summed E-state index contributed by atoms with van der Waals surface area (Å²) in [7, 11) is 0. The van der Waals surface area contributed by atoms with Crippen molar-refractivity contribution in [3.05, 3.63) is 65.4 Å². The molecule has 3 amide bonds. The van der Waals surface area contributed by atoms with Crippen LogP contribution in [0, 0.1) is 11.6 Å². The number of likely N-dealkylation sites (tertiary alicyclic amines) is 1. The highest BCUT2D eigenvalue weighted by atomic mass is 19.1. The number of hydrogen-bond acceptors (Lipinski definition) is 4. The molecular formula is C21H15F2N3O3. The maximum atomic E-state index is 15.1. The molecule has 1 aliphatic heterocycles. The molecule has 1 fully saturated rings. The number of nitrogens with two attached hydrogens (primary N) is 1. The van der Waals surface area contributed by atoms with Gasteiger partial charge in [-0.2, -0.15) is 0 Å². The number of benzene rings is 2. The summed E-state index contributed by atoms with van der Waals surface area (Å²) in [5, 5.41) is 0.129. The van der Waals surface area contributed by atoms with Crippen molar-refractivity contribution in [1.82, 2.24) is 9.88 Å². The number of amides is 3. The molecule has 146 valence electrons. The van der Waals surface area contributed by atoms with Crippen LogP contribution in [0.1, 0.15) is 28.9 Å². The van der Waals surface area contributed by atoms with Crippen LogP contribution in [0.15, 0.2) is 42.5 Å². The normalized spacial score (nSPS) is 14.1. The van der Waals surface area contributed by atoms with Crippen molar-refractivity contribution in [2.75, 3.05) is 0 Å². The maximum Gasteiger partial charge on any atom is 0.267 e. The summed E-state index contributed by atoms with van der Waals surface area (Å²) in [6.45, 7) is -0.0844. The molecule has 29 heavy (non-hydrogen) atoms. The Morgan fingerprint density at radius 3 is 2.31 bits per heavy atom. The van der Waals surface area contributed by atoms with Crippen LogP contribution in [0.3, 0.4) is 0 Å². The zero-order chi connectivity index (χ0) is 20.7. The van der Waals surface area contributed by atoms with E-state index in [1.54, 1.807) is 0 Å². The molecule has 0 atom stereocenters. The average Bonchev–Trinajstić information content (AvgIpc) is 2.99. The van der Waals surface area contributed by atoms with Crippen molar-refractivity contribution in [2.45, 2.75) is 19.4 Å². The van der Waals surface area contributed by atoms with E-state index < -0.39 is 17.5 Å². The maximum absolute atomic E-state index is 15.1. The van der Waals surface area contributed by atoms with E-state index in [1.807, 2.05) is 0 Å². The van der Waals surface area contributed by atoms with Gasteiger partial charge >= 0.3 is 0 Å². The lowest BCUT2D eigenvalue weighted by molar-refractivity contribution is -0.139. The van der Waals surface area contributed by atoms with Crippen LogP contribution < -0.4 is 5.73 Å². The number of primary amides is 1. The Morgan fingerprint density at radius 2 is 1.69 bits per heavy atom. The van der Waals surface area contributed by atoms with E-state index in [9.17, 15) is 18.8 Å². The van der Waals surface area contributed by atoms with Crippen LogP contribution in [0.25, 0.3) is 22.0 Å². The number of imide groups is 1. The van der Waals surface area contributed by atoms with E-state index in [4.69, 9.17) is 5.73 Å². The van der Waals surface area contributed by atoms with Gasteiger partial charge < -0.3 is 5.73 Å². The third-order valence-electron chi connectivity index (χ3n) is 4.82. The Kier molecular flexibility index (Phi) is 4.54. The number of pyridine rings is 1. The predicted octanol–water partition coefficient (Wildman–Crippen LogP) is 2.93. The molecule has 2 aromatic carbocycles. The van der Waals surface area contributed by atoms with E-state index >= 15 is 4.39 Å². The highest BCUT2D eigenvalue weighted by Gasteiger charge is 2.29. The van der Waals surface area contributed by atoms with Gasteiger partial charge in [0, 0.05) is 18.2 Å². The second-order valence-corrected chi connectivity index (χ2v) is 6.77. The zero-order valence-corrected chi connectivity index (χ0v) is 15.1. The van der Waals surface area contributed by atoms with Gasteiger partial charge in [-0.15, -0.1) is 0 Å². The molecule has 0 spiro atoms. The molecule has 0 aliphatic carbocycles. The molecule has 0 unspecified atom stereocenters. The summed E-state index contributed by atoms with van der Waals surface area (Å²) in [5.41, 5.74) is 6.61. The fraction of sp³-hybridized carbons (Fsp3) is 0.143. The summed E-state index contributed by atoms with van der Waals surface area (Å²) in [4.78, 5) is 40.6. The fourth-order valence-corrected chi connectivity index (χ4v) is 3.43. The second kappa shape index (κ2) is 7.05. The molecule has 0 bridgehead atoms. The van der Waals surface area contributed by atoms with Crippen LogP contribution >= 0.6 is 0 Å². The molecule has 2 heterocycles. The van der Waals surface area contributed by atoms with Crippen LogP contribution in [-0.4, -0.2) is 27.6 Å². The quantitative estimate of drug-likeness (QED) is 0.688. The first kappa shape index (κ1) is 18.7. The van der Waals surface area contributed by atoms with E-state index in [1.165, 1.54) is 42.5 Å². The Bertz CT molecular complexity index is 1160. The number of nitrogens with zero attached hydrogens (tertiary/aromatic N) is 2. The van der Waals surface area contributed by atoms with Gasteiger partial charge in [0.25, 0.3) is 5.91 Å². The summed E-state index contributed by atoms with van der Waals surface area (Å²) in [6, 6.07) is 9.46. The Morgan fingerprint density at radius 1 is 1.03 bits per heavy atom. The van der Waals surface area contributed by atoms with Crippen molar-refractivity contribution >= 4 is 28.6 Å². The molecule has 3 aromatic rings. The average molecular weight is 395 g/mol. The lowest BCUT2D eigenvalue weighted by Gasteiger charge is -2.16. The molecule has 1 aliphatic rings. The van der Waals surface area contributed by atoms with Gasteiger partial charge in [-0.3, -0.25) is 19.3 Å². The SMILES string of the molecule is NC(=O)c1cc(-c2ccc(F)cc2)c2c(F)cc(CN3C(=O)CCC3=O)cc2n1. The smallest absolute Gasteiger partial charge is 0.267 e. The number of rotatable bonds is 4. The first-order chi connectivity index (χ1) is 13.8. The van der Waals surface area contributed by atoms with Gasteiger partial charge in [-0.05, 0) is 47.0 Å². The zero-order valence-electron chi connectivity index (χ0n) is 15.1. The second-order valence-electron chi connectivity index (χ2n) is 6.77. The standard InChI is InChI=1S/C21H15F2N3O3/c22-13-3-1-12(2-4-13)14-9-17(21(24)29)25-16-8-11(7-15(23)20(14)16)10-26-18(27)5-6-19(26)28/h1-4,7-9H,5-6,10H2,(H2,24,29). The molecule has 0 radical (unpaired) electrons. The van der Waals surface area contributed by atoms with Crippen molar-refractivity contribution in [3.8, 4) is 11.1 Å². The molecule has 1 saturated heterocycles. The van der Waals surface area contributed by atoms with Gasteiger partial charge in [0.15, 0.2) is 0 Å². The van der Waals surface area contributed by atoms with Crippen LogP contribution in [-0.2, 0) is 16.1 Å². The van der Waals surface area contributed by atoms with E-state index in [-0.39, 0.29) is 47.8 Å². The fourth-order valence-electron chi connectivity index (χ4n) is 3.43. The summed E-state index contributed by atoms with van der Waals surface area (Å²) >= 11 is 0. The topological polar surface area (TPSA) is 93.4 Å². The van der Waals surface area contributed by atoms with Gasteiger partial charge in [-0.1, -0.05) is 12.1 Å². The van der Waals surface area contributed by atoms with Crippen molar-refractivity contribution in [3.63, 3.8) is 0 Å². The van der Waals surface area contributed by atoms with Gasteiger partial charge in [0.1, 0.15) is 17.3 Å². The largest absolute Gasteiger partial charge is 0.364 e. The van der Waals surface area contributed by atoms with Crippen molar-refractivity contribution in [2.24, 2.45) is 5.73 Å². The molecule has 6 nitrogen and oxygen atoms in total. The minimum absolute atomic E-state index is 0.0818.